The normalized spacial score (nSPS) is 17.7. The van der Waals surface area contributed by atoms with Crippen LogP contribution in [0.15, 0.2) is 48.5 Å². The number of anilines is 2. The van der Waals surface area contributed by atoms with Gasteiger partial charge in [-0.15, -0.1) is 0 Å². The number of nitrogens with zero attached hydrogens (tertiary/aromatic N) is 2. The Morgan fingerprint density at radius 2 is 1.97 bits per heavy atom. The number of nitrogens with one attached hydrogen (secondary N) is 1. The predicted molar refractivity (Wildman–Crippen MR) is 113 cm³/mol. The maximum absolute atomic E-state index is 13.1. The van der Waals surface area contributed by atoms with Crippen molar-refractivity contribution in [1.29, 1.82) is 0 Å². The zero-order valence-corrected chi connectivity index (χ0v) is 17.5. The van der Waals surface area contributed by atoms with Crippen LogP contribution in [0, 0.1) is 11.7 Å². The molecule has 0 aliphatic carbocycles. The summed E-state index contributed by atoms with van der Waals surface area (Å²) in [5, 5.41) is 2.91. The predicted octanol–water partition coefficient (Wildman–Crippen LogP) is 3.07. The second-order valence-corrected chi connectivity index (χ2v) is 9.48. The van der Waals surface area contributed by atoms with Crippen molar-refractivity contribution < 1.29 is 17.6 Å². The molecule has 1 N–H and O–H groups in total. The molecule has 156 valence electrons. The number of carbonyl (C=O) groups is 1. The van der Waals surface area contributed by atoms with Crippen LogP contribution >= 0.6 is 0 Å². The lowest BCUT2D eigenvalue weighted by atomic mass is 9.96. The molecule has 29 heavy (non-hydrogen) atoms. The second-order valence-electron chi connectivity index (χ2n) is 7.47. The summed E-state index contributed by atoms with van der Waals surface area (Å²) in [5.41, 5.74) is 2.08. The Balaban J connectivity index is 1.62. The van der Waals surface area contributed by atoms with Gasteiger partial charge in [0.25, 0.3) is 0 Å². The summed E-state index contributed by atoms with van der Waals surface area (Å²) >= 11 is 0. The van der Waals surface area contributed by atoms with Crippen LogP contribution in [0.25, 0.3) is 0 Å². The van der Waals surface area contributed by atoms with Crippen molar-refractivity contribution in [3.05, 3.63) is 59.9 Å². The van der Waals surface area contributed by atoms with Crippen LogP contribution in [-0.4, -0.2) is 45.6 Å². The van der Waals surface area contributed by atoms with Crippen LogP contribution in [-0.2, 0) is 21.4 Å². The molecule has 1 saturated heterocycles. The van der Waals surface area contributed by atoms with E-state index in [0.29, 0.717) is 24.5 Å². The van der Waals surface area contributed by atoms with E-state index in [-0.39, 0.29) is 17.6 Å². The molecule has 8 heteroatoms. The van der Waals surface area contributed by atoms with E-state index in [0.717, 1.165) is 31.2 Å². The third-order valence-corrected chi connectivity index (χ3v) is 6.38. The third kappa shape index (κ3) is 5.77. The van der Waals surface area contributed by atoms with E-state index in [1.165, 1.54) is 23.5 Å². The number of likely N-dealkylation sites (tertiary alicyclic amines) is 1. The zero-order valence-electron chi connectivity index (χ0n) is 16.6. The molecule has 1 fully saturated rings. The highest BCUT2D eigenvalue weighted by atomic mass is 32.2. The van der Waals surface area contributed by atoms with Gasteiger partial charge in [-0.1, -0.05) is 18.2 Å². The summed E-state index contributed by atoms with van der Waals surface area (Å²) in [6, 6.07) is 13.2. The number of rotatable bonds is 6. The number of hydrogen-bond donors (Lipinski definition) is 1. The molecule has 1 heterocycles. The van der Waals surface area contributed by atoms with E-state index in [2.05, 4.69) is 10.2 Å². The van der Waals surface area contributed by atoms with Gasteiger partial charge in [0, 0.05) is 25.8 Å². The maximum Gasteiger partial charge on any atom is 0.231 e. The minimum absolute atomic E-state index is 0.0760. The lowest BCUT2D eigenvalue weighted by Crippen LogP contribution is -2.40. The largest absolute Gasteiger partial charge is 0.326 e. The first-order valence-corrected chi connectivity index (χ1v) is 11.4. The van der Waals surface area contributed by atoms with Crippen molar-refractivity contribution in [2.75, 3.05) is 36.0 Å². The Hall–Kier alpha value is -2.45. The first-order chi connectivity index (χ1) is 13.7. The van der Waals surface area contributed by atoms with Gasteiger partial charge in [0.1, 0.15) is 5.82 Å². The molecular weight excluding hydrogens is 393 g/mol. The molecule has 0 saturated carbocycles. The van der Waals surface area contributed by atoms with E-state index in [1.54, 1.807) is 36.4 Å². The minimum Gasteiger partial charge on any atom is -0.326 e. The molecule has 0 radical (unpaired) electrons. The number of benzene rings is 2. The maximum atomic E-state index is 13.1. The summed E-state index contributed by atoms with van der Waals surface area (Å²) in [4.78, 5) is 15.0. The van der Waals surface area contributed by atoms with Gasteiger partial charge in [-0.2, -0.15) is 0 Å². The van der Waals surface area contributed by atoms with E-state index in [1.807, 2.05) is 0 Å². The first-order valence-electron chi connectivity index (χ1n) is 9.54. The number of carbonyl (C=O) groups excluding carboxylic acids is 1. The monoisotopic (exact) mass is 419 g/mol. The minimum atomic E-state index is -3.37. The fourth-order valence-electron chi connectivity index (χ4n) is 3.48. The quantitative estimate of drug-likeness (QED) is 0.781. The fraction of sp³-hybridized carbons (Fsp3) is 0.381. The molecule has 0 unspecified atom stereocenters. The van der Waals surface area contributed by atoms with Crippen molar-refractivity contribution in [3.63, 3.8) is 0 Å². The topological polar surface area (TPSA) is 69.7 Å². The third-order valence-electron chi connectivity index (χ3n) is 5.17. The van der Waals surface area contributed by atoms with Crippen LogP contribution in [0.4, 0.5) is 15.8 Å². The standard InChI is InChI=1S/C21H26FN3O3S/c1-24(29(2,27)28)20-7-3-6-19(13-20)23-21(26)17-5-4-12-25(15-17)14-16-8-10-18(22)11-9-16/h3,6-11,13,17H,4-5,12,14-15H2,1-2H3,(H,23,26)/t17-/m0/s1. The van der Waals surface area contributed by atoms with Gasteiger partial charge in [0.15, 0.2) is 0 Å². The number of hydrogen-bond acceptors (Lipinski definition) is 4. The van der Waals surface area contributed by atoms with Crippen molar-refractivity contribution >= 4 is 27.3 Å². The van der Waals surface area contributed by atoms with Gasteiger partial charge >= 0.3 is 0 Å². The van der Waals surface area contributed by atoms with Gasteiger partial charge < -0.3 is 5.32 Å². The average molecular weight is 420 g/mol. The first kappa shape index (κ1) is 21.3. The van der Waals surface area contributed by atoms with E-state index in [9.17, 15) is 17.6 Å². The van der Waals surface area contributed by atoms with Crippen LogP contribution in [0.3, 0.4) is 0 Å². The van der Waals surface area contributed by atoms with Crippen LogP contribution in [0.1, 0.15) is 18.4 Å². The van der Waals surface area contributed by atoms with E-state index >= 15 is 0 Å². The molecule has 1 atom stereocenters. The molecule has 1 aliphatic heterocycles. The van der Waals surface area contributed by atoms with Crippen molar-refractivity contribution in [2.24, 2.45) is 5.92 Å². The Bertz CT molecular complexity index is 963. The Morgan fingerprint density at radius 3 is 2.66 bits per heavy atom. The molecule has 0 spiro atoms. The highest BCUT2D eigenvalue weighted by molar-refractivity contribution is 7.92. The Morgan fingerprint density at radius 1 is 1.24 bits per heavy atom. The molecule has 1 amide bonds. The summed E-state index contributed by atoms with van der Waals surface area (Å²) < 4.78 is 37.7. The van der Waals surface area contributed by atoms with Gasteiger partial charge in [0.2, 0.25) is 15.9 Å². The number of piperidine rings is 1. The van der Waals surface area contributed by atoms with Crippen LogP contribution in [0.2, 0.25) is 0 Å². The molecule has 6 nitrogen and oxygen atoms in total. The molecule has 2 aromatic carbocycles. The molecular formula is C21H26FN3O3S. The SMILES string of the molecule is CN(c1cccc(NC(=O)[C@H]2CCCN(Cc3ccc(F)cc3)C2)c1)S(C)(=O)=O. The number of sulfonamides is 1. The lowest BCUT2D eigenvalue weighted by molar-refractivity contribution is -0.121. The molecule has 1 aliphatic rings. The summed E-state index contributed by atoms with van der Waals surface area (Å²) in [6.45, 7) is 2.21. The van der Waals surface area contributed by atoms with Gasteiger partial charge in [0.05, 0.1) is 17.9 Å². The van der Waals surface area contributed by atoms with Gasteiger partial charge in [-0.05, 0) is 55.3 Å². The number of amides is 1. The fourth-order valence-corrected chi connectivity index (χ4v) is 3.97. The molecule has 0 aromatic heterocycles. The molecule has 3 rings (SSSR count). The van der Waals surface area contributed by atoms with Crippen molar-refractivity contribution in [1.82, 2.24) is 4.90 Å². The number of halogens is 1. The molecule has 2 aromatic rings. The van der Waals surface area contributed by atoms with E-state index < -0.39 is 10.0 Å². The van der Waals surface area contributed by atoms with Gasteiger partial charge in [-0.3, -0.25) is 14.0 Å². The second kappa shape index (κ2) is 8.92. The summed E-state index contributed by atoms with van der Waals surface area (Å²) in [6.07, 6.45) is 2.85. The lowest BCUT2D eigenvalue weighted by Gasteiger charge is -2.32. The molecule has 0 bridgehead atoms. The van der Waals surface area contributed by atoms with Gasteiger partial charge in [-0.25, -0.2) is 12.8 Å². The van der Waals surface area contributed by atoms with E-state index in [4.69, 9.17) is 0 Å². The van der Waals surface area contributed by atoms with Crippen molar-refractivity contribution in [3.8, 4) is 0 Å². The highest BCUT2D eigenvalue weighted by Gasteiger charge is 2.26. The Labute approximate surface area is 171 Å². The Kier molecular flexibility index (Phi) is 6.54. The zero-order chi connectivity index (χ0) is 21.0. The summed E-state index contributed by atoms with van der Waals surface area (Å²) in [7, 11) is -1.89. The average Bonchev–Trinajstić information content (AvgIpc) is 2.69. The summed E-state index contributed by atoms with van der Waals surface area (Å²) in [5.74, 6) is -0.484. The van der Waals surface area contributed by atoms with Crippen LogP contribution < -0.4 is 9.62 Å². The van der Waals surface area contributed by atoms with Crippen molar-refractivity contribution in [2.45, 2.75) is 19.4 Å². The smallest absolute Gasteiger partial charge is 0.231 e. The highest BCUT2D eigenvalue weighted by Crippen LogP contribution is 2.23. The van der Waals surface area contributed by atoms with Crippen LogP contribution in [0.5, 0.6) is 0 Å².